The summed E-state index contributed by atoms with van der Waals surface area (Å²) in [6, 6.07) is 0.326. The molecule has 2 saturated carbocycles. The number of aromatic nitrogens is 3. The lowest BCUT2D eigenvalue weighted by Crippen LogP contribution is -2.44. The molecule has 1 aromatic heterocycles. The third-order valence-corrected chi connectivity index (χ3v) is 4.56. The maximum atomic E-state index is 12.1. The minimum absolute atomic E-state index is 0.143. The minimum atomic E-state index is 0.143. The van der Waals surface area contributed by atoms with Gasteiger partial charge in [-0.1, -0.05) is 0 Å². The van der Waals surface area contributed by atoms with Crippen LogP contribution in [-0.4, -0.2) is 26.9 Å². The zero-order chi connectivity index (χ0) is 13.4. The van der Waals surface area contributed by atoms with Crippen LogP contribution in [0, 0.1) is 17.8 Å². The molecule has 0 aliphatic heterocycles. The van der Waals surface area contributed by atoms with Gasteiger partial charge in [-0.05, 0) is 38.0 Å². The number of rotatable bonds is 4. The summed E-state index contributed by atoms with van der Waals surface area (Å²) < 4.78 is 0. The summed E-state index contributed by atoms with van der Waals surface area (Å²) in [5, 5.41) is 11.3. The molecule has 1 amide bonds. The van der Waals surface area contributed by atoms with E-state index >= 15 is 0 Å². The molecule has 0 radical (unpaired) electrons. The second-order valence-corrected chi connectivity index (χ2v) is 5.73. The van der Waals surface area contributed by atoms with Gasteiger partial charge >= 0.3 is 0 Å². The van der Waals surface area contributed by atoms with Gasteiger partial charge in [0, 0.05) is 12.0 Å². The summed E-state index contributed by atoms with van der Waals surface area (Å²) in [6.07, 6.45) is 4.77. The molecule has 104 valence electrons. The van der Waals surface area contributed by atoms with E-state index in [4.69, 9.17) is 5.73 Å². The molecule has 2 aliphatic carbocycles. The number of carbonyl (C=O) groups excluding carboxylic acids is 1. The quantitative estimate of drug-likeness (QED) is 0.817. The lowest BCUT2D eigenvalue weighted by molar-refractivity contribution is -0.125. The molecule has 6 nitrogen and oxygen atoms in total. The van der Waals surface area contributed by atoms with Crippen LogP contribution in [-0.2, 0) is 17.9 Å². The van der Waals surface area contributed by atoms with Crippen molar-refractivity contribution < 1.29 is 4.79 Å². The van der Waals surface area contributed by atoms with Crippen molar-refractivity contribution in [2.45, 2.75) is 45.3 Å². The van der Waals surface area contributed by atoms with E-state index < -0.39 is 0 Å². The largest absolute Gasteiger partial charge is 0.350 e. The van der Waals surface area contributed by atoms with Crippen LogP contribution in [0.15, 0.2) is 6.20 Å². The van der Waals surface area contributed by atoms with Gasteiger partial charge in [-0.15, -0.1) is 0 Å². The highest BCUT2D eigenvalue weighted by atomic mass is 16.1. The first kappa shape index (κ1) is 12.6. The van der Waals surface area contributed by atoms with Gasteiger partial charge in [0.05, 0.1) is 19.3 Å². The maximum absolute atomic E-state index is 12.1. The van der Waals surface area contributed by atoms with Gasteiger partial charge in [0.25, 0.3) is 0 Å². The van der Waals surface area contributed by atoms with E-state index in [-0.39, 0.29) is 11.8 Å². The Labute approximate surface area is 112 Å². The van der Waals surface area contributed by atoms with Crippen molar-refractivity contribution in [3.8, 4) is 0 Å². The number of carbonyl (C=O) groups is 1. The Morgan fingerprint density at radius 2 is 2.37 bits per heavy atom. The fourth-order valence-electron chi connectivity index (χ4n) is 3.38. The third kappa shape index (κ3) is 2.36. The van der Waals surface area contributed by atoms with Crippen molar-refractivity contribution >= 4 is 5.91 Å². The second-order valence-electron chi connectivity index (χ2n) is 5.73. The van der Waals surface area contributed by atoms with Crippen molar-refractivity contribution in [2.24, 2.45) is 23.5 Å². The van der Waals surface area contributed by atoms with E-state index in [0.717, 1.165) is 31.5 Å². The molecule has 1 heterocycles. The van der Waals surface area contributed by atoms with E-state index in [9.17, 15) is 4.79 Å². The highest BCUT2D eigenvalue weighted by Gasteiger charge is 2.47. The number of fused-ring (bicyclic) bond motifs is 1. The van der Waals surface area contributed by atoms with Gasteiger partial charge in [-0.25, -0.2) is 0 Å². The monoisotopic (exact) mass is 263 g/mol. The van der Waals surface area contributed by atoms with Crippen LogP contribution in [0.1, 0.15) is 31.9 Å². The van der Waals surface area contributed by atoms with Crippen LogP contribution in [0.3, 0.4) is 0 Å². The Morgan fingerprint density at radius 3 is 3.00 bits per heavy atom. The summed E-state index contributed by atoms with van der Waals surface area (Å²) >= 11 is 0. The van der Waals surface area contributed by atoms with Gasteiger partial charge in [-0.2, -0.15) is 15.0 Å². The third-order valence-electron chi connectivity index (χ3n) is 4.56. The van der Waals surface area contributed by atoms with Crippen LogP contribution < -0.4 is 11.1 Å². The molecule has 1 aromatic rings. The number of nitrogens with zero attached hydrogens (tertiary/aromatic N) is 3. The van der Waals surface area contributed by atoms with E-state index in [2.05, 4.69) is 15.5 Å². The summed E-state index contributed by atoms with van der Waals surface area (Å²) in [7, 11) is 0. The first-order chi connectivity index (χ1) is 9.17. The van der Waals surface area contributed by atoms with Crippen LogP contribution in [0.25, 0.3) is 0 Å². The Kier molecular flexibility index (Phi) is 3.26. The molecular formula is C13H21N5O. The normalized spacial score (nSPS) is 32.7. The van der Waals surface area contributed by atoms with Crippen molar-refractivity contribution in [3.05, 3.63) is 11.9 Å². The number of nitrogens with two attached hydrogens (primary N) is 1. The number of hydrogen-bond acceptors (Lipinski definition) is 4. The Balaban J connectivity index is 1.49. The van der Waals surface area contributed by atoms with Gasteiger partial charge in [0.1, 0.15) is 5.69 Å². The molecular weight excluding hydrogens is 242 g/mol. The molecule has 0 spiro atoms. The summed E-state index contributed by atoms with van der Waals surface area (Å²) in [5.41, 5.74) is 6.77. The standard InChI is InChI=1S/C13H21N5O/c1-2-18-16-7-10(17-18)6-15-13(19)9-3-8-5-12(14)11(8)4-9/h7-9,11-12H,2-6,14H2,1H3,(H,15,19). The molecule has 3 N–H and O–H groups in total. The van der Waals surface area contributed by atoms with Gasteiger partial charge < -0.3 is 11.1 Å². The number of aryl methyl sites for hydroxylation is 1. The van der Waals surface area contributed by atoms with Crippen molar-refractivity contribution in [1.29, 1.82) is 0 Å². The lowest BCUT2D eigenvalue weighted by atomic mass is 9.72. The van der Waals surface area contributed by atoms with Crippen LogP contribution in [0.4, 0.5) is 0 Å². The number of hydrogen-bond donors (Lipinski definition) is 2. The van der Waals surface area contributed by atoms with E-state index in [1.54, 1.807) is 11.0 Å². The fourth-order valence-corrected chi connectivity index (χ4v) is 3.38. The van der Waals surface area contributed by atoms with Crippen molar-refractivity contribution in [2.75, 3.05) is 0 Å². The summed E-state index contributed by atoms with van der Waals surface area (Å²) in [5.74, 6) is 1.56. The lowest BCUT2D eigenvalue weighted by Gasteiger charge is -2.37. The zero-order valence-electron chi connectivity index (χ0n) is 11.2. The number of amides is 1. The molecule has 4 unspecified atom stereocenters. The van der Waals surface area contributed by atoms with E-state index in [1.807, 2.05) is 6.92 Å². The molecule has 3 rings (SSSR count). The SMILES string of the molecule is CCn1ncc(CNC(=O)C2CC3CC(N)C3C2)n1. The second kappa shape index (κ2) is 4.92. The molecule has 4 atom stereocenters. The van der Waals surface area contributed by atoms with Gasteiger partial charge in [0.15, 0.2) is 0 Å². The van der Waals surface area contributed by atoms with Crippen LogP contribution in [0.2, 0.25) is 0 Å². The summed E-state index contributed by atoms with van der Waals surface area (Å²) in [4.78, 5) is 13.7. The average molecular weight is 263 g/mol. The zero-order valence-corrected chi connectivity index (χ0v) is 11.2. The number of nitrogens with one attached hydrogen (secondary N) is 1. The van der Waals surface area contributed by atoms with Crippen LogP contribution >= 0.6 is 0 Å². The molecule has 0 aromatic carbocycles. The average Bonchev–Trinajstić information content (AvgIpc) is 2.99. The summed E-state index contributed by atoms with van der Waals surface area (Å²) in [6.45, 7) is 3.20. The van der Waals surface area contributed by atoms with Gasteiger partial charge in [0.2, 0.25) is 5.91 Å². The van der Waals surface area contributed by atoms with Crippen LogP contribution in [0.5, 0.6) is 0 Å². The topological polar surface area (TPSA) is 85.8 Å². The van der Waals surface area contributed by atoms with Crippen molar-refractivity contribution in [3.63, 3.8) is 0 Å². The Hall–Kier alpha value is -1.43. The highest BCUT2D eigenvalue weighted by Crippen LogP contribution is 2.48. The van der Waals surface area contributed by atoms with Gasteiger partial charge in [-0.3, -0.25) is 4.79 Å². The first-order valence-corrected chi connectivity index (χ1v) is 7.09. The smallest absolute Gasteiger partial charge is 0.223 e. The molecule has 2 aliphatic rings. The minimum Gasteiger partial charge on any atom is -0.350 e. The molecule has 6 heteroatoms. The fraction of sp³-hybridized carbons (Fsp3) is 0.769. The molecule has 0 bridgehead atoms. The highest BCUT2D eigenvalue weighted by molar-refractivity contribution is 5.79. The maximum Gasteiger partial charge on any atom is 0.223 e. The molecule has 2 fully saturated rings. The van der Waals surface area contributed by atoms with E-state index in [0.29, 0.717) is 24.4 Å². The van der Waals surface area contributed by atoms with E-state index in [1.165, 1.54) is 0 Å². The Bertz CT molecular complexity index is 471. The predicted molar refractivity (Wildman–Crippen MR) is 69.8 cm³/mol. The Morgan fingerprint density at radius 1 is 1.53 bits per heavy atom. The van der Waals surface area contributed by atoms with Crippen molar-refractivity contribution in [1.82, 2.24) is 20.3 Å². The molecule has 19 heavy (non-hydrogen) atoms. The predicted octanol–water partition coefficient (Wildman–Crippen LogP) is 0.288. The first-order valence-electron chi connectivity index (χ1n) is 7.09. The molecule has 0 saturated heterocycles.